The van der Waals surface area contributed by atoms with Gasteiger partial charge in [-0.05, 0) is 48.9 Å². The molecule has 26 heavy (non-hydrogen) atoms. The second kappa shape index (κ2) is 7.36. The Morgan fingerprint density at radius 1 is 1.12 bits per heavy atom. The summed E-state index contributed by atoms with van der Waals surface area (Å²) in [5.74, 6) is -0.670. The third-order valence-electron chi connectivity index (χ3n) is 3.47. The number of hydrogen-bond acceptors (Lipinski definition) is 3. The smallest absolute Gasteiger partial charge is 0.325 e. The highest BCUT2D eigenvalue weighted by Crippen LogP contribution is 2.29. The number of aryl methyl sites for hydroxylation is 1. The summed E-state index contributed by atoms with van der Waals surface area (Å²) < 4.78 is 62.6. The first-order valence-corrected chi connectivity index (χ1v) is 9.33. The predicted octanol–water partition coefficient (Wildman–Crippen LogP) is 3.42. The summed E-state index contributed by atoms with van der Waals surface area (Å²) in [6.45, 7) is 1.29. The topological polar surface area (TPSA) is 66.5 Å². The zero-order valence-corrected chi connectivity index (χ0v) is 14.9. The summed E-state index contributed by atoms with van der Waals surface area (Å²) in [7, 11) is -3.72. The molecule has 0 bridgehead atoms. The monoisotopic (exact) mass is 386 g/mol. The van der Waals surface area contributed by atoms with Crippen molar-refractivity contribution >= 4 is 27.3 Å². The normalized spacial score (nSPS) is 11.9. The number of anilines is 2. The molecule has 0 atom stereocenters. The predicted molar refractivity (Wildman–Crippen MR) is 93.4 cm³/mol. The van der Waals surface area contributed by atoms with Gasteiger partial charge in [0.2, 0.25) is 15.9 Å². The minimum atomic E-state index is -4.47. The molecule has 0 fully saturated rings. The first kappa shape index (κ1) is 19.8. The van der Waals surface area contributed by atoms with Crippen molar-refractivity contribution in [3.05, 3.63) is 59.7 Å². The largest absolute Gasteiger partial charge is 0.416 e. The third kappa shape index (κ3) is 5.22. The molecule has 0 spiro atoms. The van der Waals surface area contributed by atoms with Crippen LogP contribution in [0.15, 0.2) is 48.5 Å². The fourth-order valence-electron chi connectivity index (χ4n) is 2.26. The van der Waals surface area contributed by atoms with Crippen LogP contribution in [0.4, 0.5) is 24.5 Å². The second-order valence-electron chi connectivity index (χ2n) is 5.73. The van der Waals surface area contributed by atoms with E-state index in [0.717, 1.165) is 40.4 Å². The van der Waals surface area contributed by atoms with Gasteiger partial charge in [0.15, 0.2) is 0 Å². The number of amides is 1. The maximum Gasteiger partial charge on any atom is 0.416 e. The fourth-order valence-corrected chi connectivity index (χ4v) is 3.10. The quantitative estimate of drug-likeness (QED) is 0.856. The Kier molecular flexibility index (Phi) is 5.60. The van der Waals surface area contributed by atoms with E-state index in [4.69, 9.17) is 0 Å². The van der Waals surface area contributed by atoms with E-state index in [1.807, 2.05) is 0 Å². The summed E-state index contributed by atoms with van der Waals surface area (Å²) in [5, 5.41) is 2.40. The van der Waals surface area contributed by atoms with E-state index in [2.05, 4.69) is 5.32 Å². The molecule has 1 N–H and O–H groups in total. The van der Waals surface area contributed by atoms with E-state index in [1.165, 1.54) is 0 Å². The SMILES string of the molecule is Cc1cccc(N(CC(=O)Nc2ccc(C(F)(F)F)cc2)S(C)(=O)=O)c1. The van der Waals surface area contributed by atoms with E-state index >= 15 is 0 Å². The Hall–Kier alpha value is -2.55. The summed E-state index contributed by atoms with van der Waals surface area (Å²) in [6, 6.07) is 10.5. The molecule has 140 valence electrons. The van der Waals surface area contributed by atoms with Crippen molar-refractivity contribution in [2.75, 3.05) is 22.4 Å². The maximum absolute atomic E-state index is 12.5. The van der Waals surface area contributed by atoms with E-state index < -0.39 is 34.2 Å². The van der Waals surface area contributed by atoms with Gasteiger partial charge < -0.3 is 5.32 Å². The van der Waals surface area contributed by atoms with E-state index in [-0.39, 0.29) is 5.69 Å². The van der Waals surface area contributed by atoms with Gasteiger partial charge >= 0.3 is 6.18 Å². The summed E-state index contributed by atoms with van der Waals surface area (Å²) in [6.07, 6.45) is -3.50. The number of alkyl halides is 3. The average Bonchev–Trinajstić information content (AvgIpc) is 2.51. The average molecular weight is 386 g/mol. The molecule has 0 unspecified atom stereocenters. The minimum absolute atomic E-state index is 0.140. The van der Waals surface area contributed by atoms with E-state index in [9.17, 15) is 26.4 Å². The highest BCUT2D eigenvalue weighted by Gasteiger charge is 2.30. The standard InChI is InChI=1S/C17H17F3N2O3S/c1-12-4-3-5-15(10-12)22(26(2,24)25)11-16(23)21-14-8-6-13(7-9-14)17(18,19)20/h3-10H,11H2,1-2H3,(H,21,23). The van der Waals surface area contributed by atoms with E-state index in [0.29, 0.717) is 5.69 Å². The molecular formula is C17H17F3N2O3S. The van der Waals surface area contributed by atoms with Crippen molar-refractivity contribution in [1.29, 1.82) is 0 Å². The molecule has 0 radical (unpaired) electrons. The van der Waals surface area contributed by atoms with Gasteiger partial charge in [0.05, 0.1) is 17.5 Å². The van der Waals surface area contributed by atoms with Gasteiger partial charge in [0, 0.05) is 5.69 Å². The number of nitrogens with zero attached hydrogens (tertiary/aromatic N) is 1. The Morgan fingerprint density at radius 3 is 2.23 bits per heavy atom. The molecule has 5 nitrogen and oxygen atoms in total. The number of hydrogen-bond donors (Lipinski definition) is 1. The molecular weight excluding hydrogens is 369 g/mol. The second-order valence-corrected chi connectivity index (χ2v) is 7.64. The minimum Gasteiger partial charge on any atom is -0.325 e. The number of carbonyl (C=O) groups is 1. The van der Waals surface area contributed by atoms with Crippen molar-refractivity contribution < 1.29 is 26.4 Å². The molecule has 0 heterocycles. The van der Waals surface area contributed by atoms with Crippen molar-refractivity contribution in [2.45, 2.75) is 13.1 Å². The molecule has 0 saturated carbocycles. The van der Waals surface area contributed by atoms with Crippen LogP contribution >= 0.6 is 0 Å². The zero-order valence-electron chi connectivity index (χ0n) is 14.0. The Balaban J connectivity index is 2.15. The van der Waals surface area contributed by atoms with Crippen molar-refractivity contribution in [1.82, 2.24) is 0 Å². The van der Waals surface area contributed by atoms with Crippen LogP contribution in [0.2, 0.25) is 0 Å². The first-order valence-electron chi connectivity index (χ1n) is 7.48. The highest BCUT2D eigenvalue weighted by molar-refractivity contribution is 7.92. The Labute approximate surface area is 149 Å². The van der Waals surface area contributed by atoms with Crippen molar-refractivity contribution in [3.63, 3.8) is 0 Å². The van der Waals surface area contributed by atoms with Crippen molar-refractivity contribution in [3.8, 4) is 0 Å². The number of carbonyl (C=O) groups excluding carboxylic acids is 1. The van der Waals surface area contributed by atoms with Crippen LogP contribution in [-0.4, -0.2) is 27.1 Å². The van der Waals surface area contributed by atoms with Gasteiger partial charge in [-0.15, -0.1) is 0 Å². The van der Waals surface area contributed by atoms with Gasteiger partial charge in [-0.1, -0.05) is 12.1 Å². The van der Waals surface area contributed by atoms with Crippen LogP contribution in [0.5, 0.6) is 0 Å². The highest BCUT2D eigenvalue weighted by atomic mass is 32.2. The zero-order chi connectivity index (χ0) is 19.5. The Bertz CT molecular complexity index is 894. The van der Waals surface area contributed by atoms with Gasteiger partial charge in [0.1, 0.15) is 6.54 Å². The van der Waals surface area contributed by atoms with Crippen LogP contribution < -0.4 is 9.62 Å². The first-order chi connectivity index (χ1) is 12.0. The lowest BCUT2D eigenvalue weighted by Crippen LogP contribution is -2.37. The van der Waals surface area contributed by atoms with Crippen LogP contribution in [0, 0.1) is 6.92 Å². The van der Waals surface area contributed by atoms with Crippen LogP contribution in [0.25, 0.3) is 0 Å². The summed E-state index contributed by atoms with van der Waals surface area (Å²) in [5.41, 5.74) is 0.447. The molecule has 0 aliphatic carbocycles. The molecule has 9 heteroatoms. The molecule has 0 aliphatic rings. The van der Waals surface area contributed by atoms with Gasteiger partial charge in [-0.25, -0.2) is 8.42 Å². The molecule has 0 saturated heterocycles. The lowest BCUT2D eigenvalue weighted by Gasteiger charge is -2.22. The maximum atomic E-state index is 12.5. The molecule has 2 aromatic carbocycles. The molecule has 2 aromatic rings. The Morgan fingerprint density at radius 2 is 1.73 bits per heavy atom. The summed E-state index contributed by atoms with van der Waals surface area (Å²) in [4.78, 5) is 12.2. The lowest BCUT2D eigenvalue weighted by atomic mass is 10.2. The number of sulfonamides is 1. The number of nitrogens with one attached hydrogen (secondary N) is 1. The third-order valence-corrected chi connectivity index (χ3v) is 4.61. The van der Waals surface area contributed by atoms with Gasteiger partial charge in [0.25, 0.3) is 0 Å². The van der Waals surface area contributed by atoms with Gasteiger partial charge in [-0.3, -0.25) is 9.10 Å². The number of halogens is 3. The van der Waals surface area contributed by atoms with Crippen LogP contribution in [0.3, 0.4) is 0 Å². The lowest BCUT2D eigenvalue weighted by molar-refractivity contribution is -0.137. The fraction of sp³-hybridized carbons (Fsp3) is 0.235. The van der Waals surface area contributed by atoms with E-state index in [1.54, 1.807) is 31.2 Å². The number of benzene rings is 2. The van der Waals surface area contributed by atoms with Crippen LogP contribution in [-0.2, 0) is 21.0 Å². The number of rotatable bonds is 5. The van der Waals surface area contributed by atoms with Crippen LogP contribution in [0.1, 0.15) is 11.1 Å². The summed E-state index contributed by atoms with van der Waals surface area (Å²) >= 11 is 0. The molecule has 0 aliphatic heterocycles. The van der Waals surface area contributed by atoms with Gasteiger partial charge in [-0.2, -0.15) is 13.2 Å². The van der Waals surface area contributed by atoms with Crippen molar-refractivity contribution in [2.24, 2.45) is 0 Å². The molecule has 0 aromatic heterocycles. The molecule has 2 rings (SSSR count). The molecule has 1 amide bonds.